The molecule has 1 aromatic carbocycles. The molecule has 0 spiro atoms. The zero-order valence-electron chi connectivity index (χ0n) is 11.2. The zero-order chi connectivity index (χ0) is 13.2. The van der Waals surface area contributed by atoms with Crippen molar-refractivity contribution in [2.75, 3.05) is 13.1 Å². The first-order valence-corrected chi connectivity index (χ1v) is 7.03. The third-order valence-electron chi connectivity index (χ3n) is 3.17. The lowest BCUT2D eigenvalue weighted by Gasteiger charge is -2.32. The van der Waals surface area contributed by atoms with E-state index in [0.717, 1.165) is 24.0 Å². The molecule has 2 rings (SSSR count). The predicted octanol–water partition coefficient (Wildman–Crippen LogP) is 2.53. The van der Waals surface area contributed by atoms with Crippen LogP contribution in [-0.2, 0) is 11.2 Å². The lowest BCUT2D eigenvalue weighted by atomic mass is 9.93. The van der Waals surface area contributed by atoms with Crippen molar-refractivity contribution in [3.05, 3.63) is 34.3 Å². The molecule has 3 nitrogen and oxygen atoms in total. The van der Waals surface area contributed by atoms with E-state index in [1.165, 1.54) is 5.56 Å². The third kappa shape index (κ3) is 4.79. The number of hydrogen-bond acceptors (Lipinski definition) is 2. The highest BCUT2D eigenvalue weighted by Crippen LogP contribution is 2.17. The lowest BCUT2D eigenvalue weighted by Crippen LogP contribution is -2.55. The van der Waals surface area contributed by atoms with Crippen LogP contribution in [-0.4, -0.2) is 24.5 Å². The maximum atomic E-state index is 11.9. The van der Waals surface area contributed by atoms with Crippen LogP contribution in [0.5, 0.6) is 0 Å². The van der Waals surface area contributed by atoms with Crippen LogP contribution >= 0.6 is 28.3 Å². The summed E-state index contributed by atoms with van der Waals surface area (Å²) in [6.07, 6.45) is 0.839. The summed E-state index contributed by atoms with van der Waals surface area (Å²) in [5, 5.41) is 6.25. The smallest absolute Gasteiger partial charge is 0.226 e. The summed E-state index contributed by atoms with van der Waals surface area (Å²) in [7, 11) is 0. The molecule has 0 radical (unpaired) electrons. The molecule has 0 bridgehead atoms. The van der Waals surface area contributed by atoms with E-state index in [2.05, 4.69) is 52.5 Å². The van der Waals surface area contributed by atoms with E-state index in [4.69, 9.17) is 0 Å². The molecule has 1 aromatic rings. The molecule has 0 unspecified atom stereocenters. The van der Waals surface area contributed by atoms with E-state index >= 15 is 0 Å². The van der Waals surface area contributed by atoms with Crippen molar-refractivity contribution in [1.82, 2.24) is 10.6 Å². The van der Waals surface area contributed by atoms with Gasteiger partial charge in [0.25, 0.3) is 0 Å². The minimum atomic E-state index is -0.208. The Hall–Kier alpha value is -0.580. The van der Waals surface area contributed by atoms with Gasteiger partial charge in [-0.25, -0.2) is 0 Å². The summed E-state index contributed by atoms with van der Waals surface area (Å²) in [5.41, 5.74) is 1.02. The van der Waals surface area contributed by atoms with Gasteiger partial charge in [0.2, 0.25) is 5.91 Å². The van der Waals surface area contributed by atoms with Crippen molar-refractivity contribution in [2.24, 2.45) is 5.92 Å². The fourth-order valence-corrected chi connectivity index (χ4v) is 2.33. The molecule has 5 heteroatoms. The minimum Gasteiger partial charge on any atom is -0.351 e. The summed E-state index contributed by atoms with van der Waals surface area (Å²) in [6, 6.07) is 8.23. The summed E-state index contributed by atoms with van der Waals surface area (Å²) in [4.78, 5) is 11.9. The lowest BCUT2D eigenvalue weighted by molar-refractivity contribution is -0.128. The van der Waals surface area contributed by atoms with Crippen LogP contribution in [0.15, 0.2) is 28.7 Å². The molecule has 1 aliphatic heterocycles. The highest BCUT2D eigenvalue weighted by Gasteiger charge is 2.29. The number of hydrogen-bond donors (Lipinski definition) is 2. The SMILES string of the molecule is CC(C)(Cc1ccc(Br)cc1)NC(=O)C1CNC1.Cl. The molecule has 1 fully saturated rings. The maximum Gasteiger partial charge on any atom is 0.226 e. The van der Waals surface area contributed by atoms with Gasteiger partial charge in [0, 0.05) is 23.1 Å². The first-order valence-electron chi connectivity index (χ1n) is 6.23. The first-order chi connectivity index (χ1) is 8.46. The monoisotopic (exact) mass is 346 g/mol. The summed E-state index contributed by atoms with van der Waals surface area (Å²) in [5.74, 6) is 0.310. The number of nitrogens with one attached hydrogen (secondary N) is 2. The highest BCUT2D eigenvalue weighted by atomic mass is 79.9. The van der Waals surface area contributed by atoms with E-state index in [1.807, 2.05) is 12.1 Å². The summed E-state index contributed by atoms with van der Waals surface area (Å²) >= 11 is 3.42. The Morgan fingerprint density at radius 2 is 1.95 bits per heavy atom. The number of rotatable bonds is 4. The molecule has 106 valence electrons. The second kappa shape index (κ2) is 6.73. The van der Waals surface area contributed by atoms with E-state index in [9.17, 15) is 4.79 Å². The molecular weight excluding hydrogens is 328 g/mol. The van der Waals surface area contributed by atoms with E-state index in [0.29, 0.717) is 0 Å². The van der Waals surface area contributed by atoms with Crippen molar-refractivity contribution in [1.29, 1.82) is 0 Å². The molecule has 19 heavy (non-hydrogen) atoms. The summed E-state index contributed by atoms with van der Waals surface area (Å²) in [6.45, 7) is 5.75. The van der Waals surface area contributed by atoms with Gasteiger partial charge in [-0.05, 0) is 38.0 Å². The van der Waals surface area contributed by atoms with E-state index < -0.39 is 0 Å². The van der Waals surface area contributed by atoms with Crippen LogP contribution in [0.3, 0.4) is 0 Å². The van der Waals surface area contributed by atoms with Gasteiger partial charge in [0.05, 0.1) is 5.92 Å². The van der Waals surface area contributed by atoms with Gasteiger partial charge in [-0.3, -0.25) is 4.79 Å². The molecule has 0 aromatic heterocycles. The van der Waals surface area contributed by atoms with Crippen LogP contribution in [0.25, 0.3) is 0 Å². The van der Waals surface area contributed by atoms with Crippen LogP contribution in [0.2, 0.25) is 0 Å². The van der Waals surface area contributed by atoms with Gasteiger partial charge in [-0.15, -0.1) is 12.4 Å². The van der Waals surface area contributed by atoms with Crippen molar-refractivity contribution >= 4 is 34.2 Å². The van der Waals surface area contributed by atoms with Gasteiger partial charge in [0.15, 0.2) is 0 Å². The molecule has 0 atom stereocenters. The largest absolute Gasteiger partial charge is 0.351 e. The van der Waals surface area contributed by atoms with E-state index in [1.54, 1.807) is 0 Å². The molecule has 1 amide bonds. The van der Waals surface area contributed by atoms with Gasteiger partial charge in [-0.2, -0.15) is 0 Å². The standard InChI is InChI=1S/C14H19BrN2O.ClH/c1-14(2,17-13(18)11-8-16-9-11)7-10-3-5-12(15)6-4-10;/h3-6,11,16H,7-9H2,1-2H3,(H,17,18);1H. The Morgan fingerprint density at radius 1 is 1.37 bits per heavy atom. The van der Waals surface area contributed by atoms with Gasteiger partial charge < -0.3 is 10.6 Å². The maximum absolute atomic E-state index is 11.9. The molecule has 1 heterocycles. The van der Waals surface area contributed by atoms with Crippen molar-refractivity contribution in [2.45, 2.75) is 25.8 Å². The van der Waals surface area contributed by atoms with Crippen LogP contribution in [0, 0.1) is 5.92 Å². The molecule has 2 N–H and O–H groups in total. The number of carbonyl (C=O) groups is 1. The quantitative estimate of drug-likeness (QED) is 0.879. The topological polar surface area (TPSA) is 41.1 Å². The number of halogens is 2. The van der Waals surface area contributed by atoms with Crippen LogP contribution in [0.4, 0.5) is 0 Å². The Morgan fingerprint density at radius 3 is 2.42 bits per heavy atom. The van der Waals surface area contributed by atoms with Gasteiger partial charge in [-0.1, -0.05) is 28.1 Å². The fraction of sp³-hybridized carbons (Fsp3) is 0.500. The number of carbonyl (C=O) groups excluding carboxylic acids is 1. The summed E-state index contributed by atoms with van der Waals surface area (Å²) < 4.78 is 1.08. The van der Waals surface area contributed by atoms with Crippen LogP contribution in [0.1, 0.15) is 19.4 Å². The second-order valence-electron chi connectivity index (χ2n) is 5.53. The third-order valence-corrected chi connectivity index (χ3v) is 3.70. The molecular formula is C14H20BrClN2O. The molecule has 1 saturated heterocycles. The number of amides is 1. The predicted molar refractivity (Wildman–Crippen MR) is 83.7 cm³/mol. The van der Waals surface area contributed by atoms with Crippen LogP contribution < -0.4 is 10.6 Å². The second-order valence-corrected chi connectivity index (χ2v) is 6.45. The average molecular weight is 348 g/mol. The van der Waals surface area contributed by atoms with Crippen molar-refractivity contribution in [3.63, 3.8) is 0 Å². The Balaban J connectivity index is 0.00000180. The molecule has 1 aliphatic rings. The Bertz CT molecular complexity index is 430. The van der Waals surface area contributed by atoms with Crippen molar-refractivity contribution < 1.29 is 4.79 Å². The first kappa shape index (κ1) is 16.5. The van der Waals surface area contributed by atoms with Gasteiger partial charge in [0.1, 0.15) is 0 Å². The fourth-order valence-electron chi connectivity index (χ4n) is 2.07. The zero-order valence-corrected chi connectivity index (χ0v) is 13.6. The normalized spacial score (nSPS) is 15.3. The average Bonchev–Trinajstić information content (AvgIpc) is 2.17. The minimum absolute atomic E-state index is 0. The highest BCUT2D eigenvalue weighted by molar-refractivity contribution is 9.10. The van der Waals surface area contributed by atoms with E-state index in [-0.39, 0.29) is 29.8 Å². The Labute approximate surface area is 129 Å². The molecule has 0 aliphatic carbocycles. The van der Waals surface area contributed by atoms with Gasteiger partial charge >= 0.3 is 0 Å². The number of benzene rings is 1. The Kier molecular flexibility index (Phi) is 5.83. The molecule has 0 saturated carbocycles. The van der Waals surface area contributed by atoms with Crippen molar-refractivity contribution in [3.8, 4) is 0 Å².